The van der Waals surface area contributed by atoms with E-state index in [2.05, 4.69) is 5.32 Å². The Bertz CT molecular complexity index is 463. The Kier molecular flexibility index (Phi) is 4.13. The van der Waals surface area contributed by atoms with Crippen molar-refractivity contribution in [3.8, 4) is 0 Å². The summed E-state index contributed by atoms with van der Waals surface area (Å²) in [5, 5.41) is 21.7. The van der Waals surface area contributed by atoms with Crippen LogP contribution in [-0.4, -0.2) is 52.7 Å². The van der Waals surface area contributed by atoms with Crippen LogP contribution in [0, 0.1) is 0 Å². The lowest BCUT2D eigenvalue weighted by Crippen LogP contribution is -2.58. The fourth-order valence-corrected chi connectivity index (χ4v) is 2.13. The highest BCUT2D eigenvalue weighted by Crippen LogP contribution is 2.16. The van der Waals surface area contributed by atoms with Gasteiger partial charge in [0.25, 0.3) is 0 Å². The van der Waals surface area contributed by atoms with Crippen molar-refractivity contribution in [1.29, 1.82) is 0 Å². The van der Waals surface area contributed by atoms with Crippen molar-refractivity contribution in [2.24, 2.45) is 0 Å². The van der Waals surface area contributed by atoms with Gasteiger partial charge >= 0.3 is 5.97 Å². The van der Waals surface area contributed by atoms with Gasteiger partial charge in [0, 0.05) is 13.1 Å². The molecule has 3 N–H and O–H groups in total. The second kappa shape index (κ2) is 5.81. The zero-order valence-corrected chi connectivity index (χ0v) is 10.3. The quantitative estimate of drug-likeness (QED) is 0.689. The first-order valence-corrected chi connectivity index (χ1v) is 6.04. The second-order valence-electron chi connectivity index (χ2n) is 4.51. The van der Waals surface area contributed by atoms with Gasteiger partial charge in [-0.15, -0.1) is 0 Å². The molecular formula is C13H16N2O4. The number of carbonyl (C=O) groups excluding carboxylic acids is 1. The average molecular weight is 264 g/mol. The molecule has 1 fully saturated rings. The van der Waals surface area contributed by atoms with Gasteiger partial charge < -0.3 is 15.5 Å². The van der Waals surface area contributed by atoms with Crippen LogP contribution >= 0.6 is 0 Å². The summed E-state index contributed by atoms with van der Waals surface area (Å²) in [5.41, 5.74) is 0.706. The standard InChI is InChI=1S/C13H16N2O4/c16-11(9-4-2-1-3-5-9)7-15-8-12(17)14-6-10(15)13(18)19/h1-5,10-11,16H,6-8H2,(H,14,17)(H,18,19). The fourth-order valence-electron chi connectivity index (χ4n) is 2.13. The number of hydrogen-bond acceptors (Lipinski definition) is 4. The summed E-state index contributed by atoms with van der Waals surface area (Å²) >= 11 is 0. The van der Waals surface area contributed by atoms with Gasteiger partial charge in [0.2, 0.25) is 5.91 Å². The van der Waals surface area contributed by atoms with Crippen LogP contribution in [0.2, 0.25) is 0 Å². The predicted octanol–water partition coefficient (Wildman–Crippen LogP) is -0.395. The number of amides is 1. The van der Waals surface area contributed by atoms with E-state index in [-0.39, 0.29) is 25.5 Å². The van der Waals surface area contributed by atoms with Gasteiger partial charge in [0.1, 0.15) is 6.04 Å². The molecule has 1 aliphatic rings. The third-order valence-electron chi connectivity index (χ3n) is 3.16. The van der Waals surface area contributed by atoms with Gasteiger partial charge in [0.05, 0.1) is 12.6 Å². The Balaban J connectivity index is 2.06. The van der Waals surface area contributed by atoms with Crippen LogP contribution in [0.5, 0.6) is 0 Å². The summed E-state index contributed by atoms with van der Waals surface area (Å²) in [4.78, 5) is 23.9. The molecule has 6 heteroatoms. The molecule has 1 aliphatic heterocycles. The first-order chi connectivity index (χ1) is 9.08. The molecule has 1 saturated heterocycles. The molecule has 2 unspecified atom stereocenters. The van der Waals surface area contributed by atoms with Crippen LogP contribution in [0.4, 0.5) is 0 Å². The molecule has 0 bridgehead atoms. The van der Waals surface area contributed by atoms with E-state index in [0.29, 0.717) is 5.56 Å². The number of aliphatic hydroxyl groups excluding tert-OH is 1. The van der Waals surface area contributed by atoms with Crippen molar-refractivity contribution in [1.82, 2.24) is 10.2 Å². The Hall–Kier alpha value is -1.92. The van der Waals surface area contributed by atoms with Gasteiger partial charge in [-0.3, -0.25) is 14.5 Å². The number of carboxylic acids is 1. The van der Waals surface area contributed by atoms with E-state index < -0.39 is 18.1 Å². The smallest absolute Gasteiger partial charge is 0.322 e. The highest BCUT2D eigenvalue weighted by molar-refractivity contribution is 5.83. The van der Waals surface area contributed by atoms with Crippen molar-refractivity contribution in [2.45, 2.75) is 12.1 Å². The fraction of sp³-hybridized carbons (Fsp3) is 0.385. The summed E-state index contributed by atoms with van der Waals surface area (Å²) in [6.07, 6.45) is -0.811. The molecule has 0 saturated carbocycles. The van der Waals surface area contributed by atoms with Crippen LogP contribution in [0.3, 0.4) is 0 Å². The molecule has 1 aromatic carbocycles. The van der Waals surface area contributed by atoms with E-state index in [9.17, 15) is 14.7 Å². The number of nitrogens with one attached hydrogen (secondary N) is 1. The summed E-state index contributed by atoms with van der Waals surface area (Å²) in [6.45, 7) is 0.172. The molecule has 1 heterocycles. The molecule has 2 atom stereocenters. The minimum absolute atomic E-state index is 0.0130. The number of β-amino-alcohol motifs (C(OH)–C–C–N with tert-alkyl or cyclic N) is 1. The van der Waals surface area contributed by atoms with Crippen LogP contribution in [-0.2, 0) is 9.59 Å². The molecule has 19 heavy (non-hydrogen) atoms. The number of rotatable bonds is 4. The van der Waals surface area contributed by atoms with E-state index in [1.54, 1.807) is 24.3 Å². The molecule has 0 spiro atoms. The normalized spacial score (nSPS) is 21.7. The lowest BCUT2D eigenvalue weighted by molar-refractivity contribution is -0.146. The first kappa shape index (κ1) is 13.5. The van der Waals surface area contributed by atoms with E-state index in [0.717, 1.165) is 0 Å². The van der Waals surface area contributed by atoms with Crippen molar-refractivity contribution < 1.29 is 19.8 Å². The highest BCUT2D eigenvalue weighted by atomic mass is 16.4. The third kappa shape index (κ3) is 3.30. The minimum atomic E-state index is -1.000. The molecule has 0 aliphatic carbocycles. The Morgan fingerprint density at radius 2 is 2.11 bits per heavy atom. The van der Waals surface area contributed by atoms with Crippen LogP contribution in [0.25, 0.3) is 0 Å². The molecule has 0 aromatic heterocycles. The van der Waals surface area contributed by atoms with E-state index in [1.807, 2.05) is 6.07 Å². The van der Waals surface area contributed by atoms with Crippen LogP contribution < -0.4 is 5.32 Å². The lowest BCUT2D eigenvalue weighted by atomic mass is 10.1. The number of carbonyl (C=O) groups is 2. The molecule has 1 aromatic rings. The zero-order valence-electron chi connectivity index (χ0n) is 10.3. The minimum Gasteiger partial charge on any atom is -0.480 e. The maximum Gasteiger partial charge on any atom is 0.322 e. The van der Waals surface area contributed by atoms with Gasteiger partial charge in [-0.25, -0.2) is 0 Å². The molecule has 2 rings (SSSR count). The number of nitrogens with zero attached hydrogens (tertiary/aromatic N) is 1. The van der Waals surface area contributed by atoms with Gasteiger partial charge in [-0.1, -0.05) is 30.3 Å². The van der Waals surface area contributed by atoms with Crippen molar-refractivity contribution in [3.63, 3.8) is 0 Å². The third-order valence-corrected chi connectivity index (χ3v) is 3.16. The Labute approximate surface area is 110 Å². The SMILES string of the molecule is O=C1CN(CC(O)c2ccccc2)C(C(=O)O)CN1. The number of hydrogen-bond donors (Lipinski definition) is 3. The van der Waals surface area contributed by atoms with Crippen molar-refractivity contribution >= 4 is 11.9 Å². The maximum atomic E-state index is 11.3. The van der Waals surface area contributed by atoms with Gasteiger partial charge in [0.15, 0.2) is 0 Å². The molecule has 102 valence electrons. The largest absolute Gasteiger partial charge is 0.480 e. The number of piperazine rings is 1. The number of carboxylic acid groups (broad SMARTS) is 1. The second-order valence-corrected chi connectivity index (χ2v) is 4.51. The lowest BCUT2D eigenvalue weighted by Gasteiger charge is -2.33. The highest BCUT2D eigenvalue weighted by Gasteiger charge is 2.33. The Morgan fingerprint density at radius 3 is 2.74 bits per heavy atom. The van der Waals surface area contributed by atoms with E-state index in [4.69, 9.17) is 5.11 Å². The van der Waals surface area contributed by atoms with Gasteiger partial charge in [-0.2, -0.15) is 0 Å². The van der Waals surface area contributed by atoms with Gasteiger partial charge in [-0.05, 0) is 5.56 Å². The van der Waals surface area contributed by atoms with Crippen molar-refractivity contribution in [3.05, 3.63) is 35.9 Å². The topological polar surface area (TPSA) is 89.9 Å². The zero-order chi connectivity index (χ0) is 13.8. The molecule has 1 amide bonds. The number of aliphatic hydroxyl groups is 1. The number of aliphatic carboxylic acids is 1. The number of benzene rings is 1. The first-order valence-electron chi connectivity index (χ1n) is 6.04. The Morgan fingerprint density at radius 1 is 1.42 bits per heavy atom. The van der Waals surface area contributed by atoms with Crippen LogP contribution in [0.15, 0.2) is 30.3 Å². The summed E-state index contributed by atoms with van der Waals surface area (Å²) in [7, 11) is 0. The molecule has 0 radical (unpaired) electrons. The van der Waals surface area contributed by atoms with Crippen LogP contribution in [0.1, 0.15) is 11.7 Å². The van der Waals surface area contributed by atoms with E-state index >= 15 is 0 Å². The summed E-state index contributed by atoms with van der Waals surface area (Å²) in [5.74, 6) is -1.22. The van der Waals surface area contributed by atoms with Crippen molar-refractivity contribution in [2.75, 3.05) is 19.6 Å². The summed E-state index contributed by atoms with van der Waals surface area (Å²) < 4.78 is 0. The molecular weight excluding hydrogens is 248 g/mol. The molecule has 6 nitrogen and oxygen atoms in total. The monoisotopic (exact) mass is 264 g/mol. The summed E-state index contributed by atoms with van der Waals surface area (Å²) in [6, 6.07) is 8.18. The predicted molar refractivity (Wildman–Crippen MR) is 67.4 cm³/mol. The maximum absolute atomic E-state index is 11.3. The average Bonchev–Trinajstić information content (AvgIpc) is 2.39. The van der Waals surface area contributed by atoms with E-state index in [1.165, 1.54) is 4.90 Å².